The Labute approximate surface area is 113 Å². The van der Waals surface area contributed by atoms with Crippen molar-refractivity contribution in [2.75, 3.05) is 0 Å². The summed E-state index contributed by atoms with van der Waals surface area (Å²) in [5.41, 5.74) is 2.57. The average molecular weight is 254 g/mol. The highest BCUT2D eigenvalue weighted by molar-refractivity contribution is 5.87. The third-order valence-corrected chi connectivity index (χ3v) is 3.38. The van der Waals surface area contributed by atoms with E-state index in [1.807, 2.05) is 30.3 Å². The van der Waals surface area contributed by atoms with Gasteiger partial charge in [0.2, 0.25) is 0 Å². The number of hydrogen-bond donors (Lipinski definition) is 1. The lowest BCUT2D eigenvalue weighted by molar-refractivity contribution is 0.0696. The summed E-state index contributed by atoms with van der Waals surface area (Å²) < 4.78 is 0. The SMILES string of the molecule is CC(C)(Cc1ccccc1)c1cccc(C(=O)O)c1. The van der Waals surface area contributed by atoms with Crippen molar-refractivity contribution < 1.29 is 9.90 Å². The molecule has 0 fully saturated rings. The Bertz CT molecular complexity index is 571. The zero-order chi connectivity index (χ0) is 13.9. The van der Waals surface area contributed by atoms with Gasteiger partial charge in [0.25, 0.3) is 0 Å². The molecule has 98 valence electrons. The number of benzene rings is 2. The van der Waals surface area contributed by atoms with E-state index in [0.29, 0.717) is 5.56 Å². The van der Waals surface area contributed by atoms with Crippen LogP contribution < -0.4 is 0 Å². The maximum atomic E-state index is 11.0. The molecule has 0 bridgehead atoms. The van der Waals surface area contributed by atoms with E-state index in [-0.39, 0.29) is 5.41 Å². The molecule has 0 aromatic heterocycles. The first-order valence-electron chi connectivity index (χ1n) is 6.37. The van der Waals surface area contributed by atoms with Gasteiger partial charge in [-0.1, -0.05) is 56.3 Å². The van der Waals surface area contributed by atoms with Crippen LogP contribution in [0.4, 0.5) is 0 Å². The maximum absolute atomic E-state index is 11.0. The Morgan fingerprint density at radius 3 is 2.37 bits per heavy atom. The molecule has 0 saturated carbocycles. The highest BCUT2D eigenvalue weighted by atomic mass is 16.4. The van der Waals surface area contributed by atoms with Crippen LogP contribution in [0.3, 0.4) is 0 Å². The molecule has 0 heterocycles. The lowest BCUT2D eigenvalue weighted by Crippen LogP contribution is -2.21. The zero-order valence-corrected chi connectivity index (χ0v) is 11.3. The van der Waals surface area contributed by atoms with Gasteiger partial charge in [0, 0.05) is 0 Å². The number of carbonyl (C=O) groups is 1. The second-order valence-corrected chi connectivity index (χ2v) is 5.43. The molecule has 0 amide bonds. The second kappa shape index (κ2) is 5.27. The fraction of sp³-hybridized carbons (Fsp3) is 0.235. The predicted molar refractivity (Wildman–Crippen MR) is 76.6 cm³/mol. The molecule has 2 aromatic carbocycles. The van der Waals surface area contributed by atoms with E-state index >= 15 is 0 Å². The summed E-state index contributed by atoms with van der Waals surface area (Å²) in [6, 6.07) is 17.5. The molecule has 0 aliphatic heterocycles. The van der Waals surface area contributed by atoms with Gasteiger partial charge in [0.15, 0.2) is 0 Å². The number of aromatic carboxylic acids is 1. The summed E-state index contributed by atoms with van der Waals surface area (Å²) in [6.07, 6.45) is 0.886. The minimum absolute atomic E-state index is 0.0905. The van der Waals surface area contributed by atoms with E-state index in [0.717, 1.165) is 12.0 Å². The van der Waals surface area contributed by atoms with Gasteiger partial charge in [0.05, 0.1) is 5.56 Å². The van der Waals surface area contributed by atoms with Crippen molar-refractivity contribution >= 4 is 5.97 Å². The van der Waals surface area contributed by atoms with Gasteiger partial charge in [0.1, 0.15) is 0 Å². The van der Waals surface area contributed by atoms with Crippen LogP contribution in [-0.4, -0.2) is 11.1 Å². The van der Waals surface area contributed by atoms with Crippen LogP contribution in [0.15, 0.2) is 54.6 Å². The van der Waals surface area contributed by atoms with E-state index in [2.05, 4.69) is 26.0 Å². The molecule has 2 nitrogen and oxygen atoms in total. The Balaban J connectivity index is 2.28. The summed E-state index contributed by atoms with van der Waals surface area (Å²) >= 11 is 0. The number of carboxylic acids is 1. The molecule has 0 spiro atoms. The lowest BCUT2D eigenvalue weighted by Gasteiger charge is -2.25. The maximum Gasteiger partial charge on any atom is 0.335 e. The Hall–Kier alpha value is -2.09. The molecule has 2 heteroatoms. The van der Waals surface area contributed by atoms with E-state index in [1.165, 1.54) is 5.56 Å². The number of carboxylic acid groups (broad SMARTS) is 1. The normalized spacial score (nSPS) is 11.3. The summed E-state index contributed by atoms with van der Waals surface area (Å²) in [5, 5.41) is 9.06. The number of hydrogen-bond acceptors (Lipinski definition) is 1. The molecule has 2 rings (SSSR count). The van der Waals surface area contributed by atoms with Gasteiger partial charge in [-0.2, -0.15) is 0 Å². The molecular weight excluding hydrogens is 236 g/mol. The highest BCUT2D eigenvalue weighted by Crippen LogP contribution is 2.28. The predicted octanol–water partition coefficient (Wildman–Crippen LogP) is 3.91. The van der Waals surface area contributed by atoms with Gasteiger partial charge >= 0.3 is 5.97 Å². The Morgan fingerprint density at radius 1 is 1.05 bits per heavy atom. The average Bonchev–Trinajstić information content (AvgIpc) is 2.39. The van der Waals surface area contributed by atoms with Crippen molar-refractivity contribution in [1.82, 2.24) is 0 Å². The summed E-state index contributed by atoms with van der Waals surface area (Å²) in [6.45, 7) is 4.28. The molecule has 1 N–H and O–H groups in total. The van der Waals surface area contributed by atoms with Crippen LogP contribution in [0, 0.1) is 0 Å². The fourth-order valence-electron chi connectivity index (χ4n) is 2.28. The first kappa shape index (κ1) is 13.3. The molecule has 0 atom stereocenters. The van der Waals surface area contributed by atoms with Crippen molar-refractivity contribution in [3.63, 3.8) is 0 Å². The Morgan fingerprint density at radius 2 is 1.74 bits per heavy atom. The Kier molecular flexibility index (Phi) is 3.70. The van der Waals surface area contributed by atoms with Crippen molar-refractivity contribution in [3.8, 4) is 0 Å². The van der Waals surface area contributed by atoms with Gasteiger partial charge in [-0.15, -0.1) is 0 Å². The minimum Gasteiger partial charge on any atom is -0.478 e. The highest BCUT2D eigenvalue weighted by Gasteiger charge is 2.22. The molecule has 0 unspecified atom stereocenters. The molecule has 0 aliphatic carbocycles. The molecular formula is C17H18O2. The fourth-order valence-corrected chi connectivity index (χ4v) is 2.28. The van der Waals surface area contributed by atoms with E-state index in [9.17, 15) is 4.79 Å². The van der Waals surface area contributed by atoms with Crippen LogP contribution in [0.2, 0.25) is 0 Å². The second-order valence-electron chi connectivity index (χ2n) is 5.43. The van der Waals surface area contributed by atoms with Crippen LogP contribution in [0.5, 0.6) is 0 Å². The van der Waals surface area contributed by atoms with E-state index in [1.54, 1.807) is 12.1 Å². The summed E-state index contributed by atoms with van der Waals surface area (Å²) in [4.78, 5) is 11.0. The number of rotatable bonds is 4. The zero-order valence-electron chi connectivity index (χ0n) is 11.3. The molecule has 0 saturated heterocycles. The van der Waals surface area contributed by atoms with Crippen LogP contribution in [-0.2, 0) is 11.8 Å². The van der Waals surface area contributed by atoms with E-state index < -0.39 is 5.97 Å². The van der Waals surface area contributed by atoms with Crippen molar-refractivity contribution in [3.05, 3.63) is 71.3 Å². The largest absolute Gasteiger partial charge is 0.478 e. The first-order chi connectivity index (χ1) is 8.99. The third-order valence-electron chi connectivity index (χ3n) is 3.38. The quantitative estimate of drug-likeness (QED) is 0.898. The summed E-state index contributed by atoms with van der Waals surface area (Å²) in [5.74, 6) is -0.877. The standard InChI is InChI=1S/C17H18O2/c1-17(2,12-13-7-4-3-5-8-13)15-10-6-9-14(11-15)16(18)19/h3-11H,12H2,1-2H3,(H,18,19). The van der Waals surface area contributed by atoms with Crippen molar-refractivity contribution in [1.29, 1.82) is 0 Å². The van der Waals surface area contributed by atoms with Gasteiger partial charge in [-0.05, 0) is 35.1 Å². The first-order valence-corrected chi connectivity index (χ1v) is 6.37. The monoisotopic (exact) mass is 254 g/mol. The lowest BCUT2D eigenvalue weighted by atomic mass is 9.79. The third kappa shape index (κ3) is 3.22. The van der Waals surface area contributed by atoms with Crippen molar-refractivity contribution in [2.24, 2.45) is 0 Å². The minimum atomic E-state index is -0.877. The van der Waals surface area contributed by atoms with Crippen LogP contribution >= 0.6 is 0 Å². The molecule has 19 heavy (non-hydrogen) atoms. The molecule has 2 aromatic rings. The van der Waals surface area contributed by atoms with Crippen LogP contribution in [0.1, 0.15) is 35.3 Å². The smallest absolute Gasteiger partial charge is 0.335 e. The van der Waals surface area contributed by atoms with Gasteiger partial charge < -0.3 is 5.11 Å². The van der Waals surface area contributed by atoms with Crippen LogP contribution in [0.25, 0.3) is 0 Å². The van der Waals surface area contributed by atoms with Gasteiger partial charge in [-0.25, -0.2) is 4.79 Å². The topological polar surface area (TPSA) is 37.3 Å². The molecule has 0 radical (unpaired) electrons. The molecule has 0 aliphatic rings. The summed E-state index contributed by atoms with van der Waals surface area (Å²) in [7, 11) is 0. The van der Waals surface area contributed by atoms with Crippen molar-refractivity contribution in [2.45, 2.75) is 25.7 Å². The van der Waals surface area contributed by atoms with E-state index in [4.69, 9.17) is 5.11 Å². The van der Waals surface area contributed by atoms with Gasteiger partial charge in [-0.3, -0.25) is 0 Å².